The van der Waals surface area contributed by atoms with Gasteiger partial charge in [0.1, 0.15) is 6.04 Å². The number of anilines is 1. The number of amides is 1. The van der Waals surface area contributed by atoms with Gasteiger partial charge >= 0.3 is 0 Å². The standard InChI is InChI=1S/C26H30N6O5S.H2O3S/c27-22-8-4-3-7-21(22)24(33)14-23(25(34)30-15-19-16-32(26(28)29)11-12-37-19)31-38(35,36)20-10-9-17-5-1-2-6-18(17)13-20;1-4(2)3/h1-10,13,19,23,31H,11-12,14-16,27H2,(H3,28,29)(H,30,34);(H2,1,2,3)/t19?,23-;/m1./s1. The molecule has 4 rings (SSSR count). The first-order valence-electron chi connectivity index (χ1n) is 12.5. The Balaban J connectivity index is 0.00000114. The van der Waals surface area contributed by atoms with Crippen molar-refractivity contribution in [2.45, 2.75) is 23.5 Å². The van der Waals surface area contributed by atoms with Crippen molar-refractivity contribution in [1.82, 2.24) is 14.9 Å². The SMILES string of the molecule is N=C(N)N1CCOC(CNC(=O)[C@@H](CC(=O)c2ccccc2N)NS(=O)(=O)c2ccc3ccccc3c2)C1.O=S(O)O. The molecule has 226 valence electrons. The number of ketones is 1. The number of fused-ring (bicyclic) bond motifs is 1. The Morgan fingerprint density at radius 2 is 1.74 bits per heavy atom. The Labute approximate surface area is 245 Å². The van der Waals surface area contributed by atoms with Crippen LogP contribution in [-0.2, 0) is 30.9 Å². The summed E-state index contributed by atoms with van der Waals surface area (Å²) in [7, 11) is -4.18. The van der Waals surface area contributed by atoms with Gasteiger partial charge in [-0.2, -0.15) is 8.93 Å². The number of nitrogens with one attached hydrogen (secondary N) is 3. The van der Waals surface area contributed by atoms with E-state index in [1.807, 2.05) is 12.1 Å². The molecular formula is C26H32N6O8S2. The number of Topliss-reactive ketones (excluding diaryl/α,β-unsaturated/α-hetero) is 1. The van der Waals surface area contributed by atoms with Crippen molar-refractivity contribution in [3.63, 3.8) is 0 Å². The minimum atomic E-state index is -4.18. The second-order valence-electron chi connectivity index (χ2n) is 9.20. The van der Waals surface area contributed by atoms with Crippen LogP contribution in [0, 0.1) is 5.41 Å². The average molecular weight is 621 g/mol. The molecular weight excluding hydrogens is 588 g/mol. The number of nitrogens with zero attached hydrogens (tertiary/aromatic N) is 1. The van der Waals surface area contributed by atoms with Gasteiger partial charge in [0, 0.05) is 37.3 Å². The Bertz CT molecular complexity index is 1570. The van der Waals surface area contributed by atoms with E-state index in [0.29, 0.717) is 25.1 Å². The number of ether oxygens (including phenoxy) is 1. The van der Waals surface area contributed by atoms with Crippen LogP contribution in [0.15, 0.2) is 71.6 Å². The van der Waals surface area contributed by atoms with Crippen molar-refractivity contribution in [3.8, 4) is 0 Å². The maximum absolute atomic E-state index is 13.3. The summed E-state index contributed by atoms with van der Waals surface area (Å²) < 4.78 is 57.5. The van der Waals surface area contributed by atoms with E-state index in [4.69, 9.17) is 34.9 Å². The predicted molar refractivity (Wildman–Crippen MR) is 157 cm³/mol. The van der Waals surface area contributed by atoms with Crippen molar-refractivity contribution >= 4 is 55.5 Å². The molecule has 1 saturated heterocycles. The zero-order chi connectivity index (χ0) is 30.9. The first-order valence-corrected chi connectivity index (χ1v) is 15.1. The monoisotopic (exact) mass is 620 g/mol. The molecule has 1 amide bonds. The molecule has 0 bridgehead atoms. The lowest BCUT2D eigenvalue weighted by Gasteiger charge is -2.33. The van der Waals surface area contributed by atoms with Gasteiger partial charge in [-0.05, 0) is 35.0 Å². The molecule has 3 aromatic rings. The lowest BCUT2D eigenvalue weighted by Crippen LogP contribution is -2.54. The molecule has 14 nitrogen and oxygen atoms in total. The predicted octanol–water partition coefficient (Wildman–Crippen LogP) is 0.733. The quantitative estimate of drug-likeness (QED) is 0.0578. The van der Waals surface area contributed by atoms with Crippen molar-refractivity contribution in [2.24, 2.45) is 5.73 Å². The number of hydrogen-bond acceptors (Lipinski definition) is 8. The lowest BCUT2D eigenvalue weighted by atomic mass is 10.0. The Hall–Kier alpha value is -3.93. The van der Waals surface area contributed by atoms with E-state index in [2.05, 4.69) is 10.0 Å². The smallest absolute Gasteiger partial charge is 0.299 e. The molecule has 1 aliphatic rings. The van der Waals surface area contributed by atoms with E-state index >= 15 is 0 Å². The number of carbonyl (C=O) groups is 2. The fourth-order valence-electron chi connectivity index (χ4n) is 4.22. The third kappa shape index (κ3) is 9.30. The second kappa shape index (κ2) is 14.8. The summed E-state index contributed by atoms with van der Waals surface area (Å²) in [5, 5.41) is 11.9. The zero-order valence-corrected chi connectivity index (χ0v) is 23.9. The largest absolute Gasteiger partial charge is 0.398 e. The molecule has 1 heterocycles. The van der Waals surface area contributed by atoms with Gasteiger partial charge in [0.05, 0.1) is 17.6 Å². The summed E-state index contributed by atoms with van der Waals surface area (Å²) in [5.41, 5.74) is 11.9. The molecule has 0 aromatic heterocycles. The number of hydrogen-bond donors (Lipinski definition) is 7. The second-order valence-corrected chi connectivity index (χ2v) is 11.4. The summed E-state index contributed by atoms with van der Waals surface area (Å²) in [4.78, 5) is 27.8. The van der Waals surface area contributed by atoms with E-state index < -0.39 is 51.6 Å². The van der Waals surface area contributed by atoms with E-state index in [1.165, 1.54) is 18.2 Å². The highest BCUT2D eigenvalue weighted by Gasteiger charge is 2.30. The maximum atomic E-state index is 13.3. The first-order chi connectivity index (χ1) is 19.9. The highest BCUT2D eigenvalue weighted by atomic mass is 32.2. The number of rotatable bonds is 9. The molecule has 9 N–H and O–H groups in total. The summed E-state index contributed by atoms with van der Waals surface area (Å²) in [5.74, 6) is -1.28. The van der Waals surface area contributed by atoms with Gasteiger partial charge < -0.3 is 26.4 Å². The zero-order valence-electron chi connectivity index (χ0n) is 22.3. The van der Waals surface area contributed by atoms with Gasteiger partial charge in [0.25, 0.3) is 11.4 Å². The number of guanidine groups is 1. The fourth-order valence-corrected chi connectivity index (χ4v) is 5.45. The minimum absolute atomic E-state index is 0.0339. The van der Waals surface area contributed by atoms with Crippen LogP contribution in [0.5, 0.6) is 0 Å². The van der Waals surface area contributed by atoms with Crippen LogP contribution in [0.25, 0.3) is 10.8 Å². The molecule has 2 atom stereocenters. The van der Waals surface area contributed by atoms with Crippen LogP contribution < -0.4 is 21.5 Å². The number of sulfonamides is 1. The van der Waals surface area contributed by atoms with E-state index in [-0.39, 0.29) is 28.7 Å². The molecule has 1 unspecified atom stereocenters. The fraction of sp³-hybridized carbons (Fsp3) is 0.269. The average Bonchev–Trinajstić information content (AvgIpc) is 2.95. The molecule has 0 saturated carbocycles. The van der Waals surface area contributed by atoms with Crippen LogP contribution in [-0.4, -0.2) is 82.7 Å². The third-order valence-corrected chi connectivity index (χ3v) is 7.75. The van der Waals surface area contributed by atoms with Crippen LogP contribution in [0.1, 0.15) is 16.8 Å². The molecule has 16 heteroatoms. The number of para-hydroxylation sites is 1. The number of nitrogen functional groups attached to an aromatic ring is 1. The van der Waals surface area contributed by atoms with Gasteiger partial charge in [-0.15, -0.1) is 0 Å². The topological polar surface area (TPSA) is 238 Å². The van der Waals surface area contributed by atoms with Crippen molar-refractivity contribution in [3.05, 3.63) is 72.3 Å². The van der Waals surface area contributed by atoms with Crippen molar-refractivity contribution in [1.29, 1.82) is 5.41 Å². The molecule has 0 aliphatic carbocycles. The maximum Gasteiger partial charge on any atom is 0.299 e. The van der Waals surface area contributed by atoms with E-state index in [0.717, 1.165) is 5.39 Å². The van der Waals surface area contributed by atoms with Gasteiger partial charge in [0.15, 0.2) is 11.7 Å². The summed E-state index contributed by atoms with van der Waals surface area (Å²) in [6.45, 7) is 1.12. The van der Waals surface area contributed by atoms with Gasteiger partial charge in [0.2, 0.25) is 15.9 Å². The number of carbonyl (C=O) groups excluding carboxylic acids is 2. The Kier molecular flexibility index (Phi) is 11.5. The Morgan fingerprint density at radius 3 is 2.40 bits per heavy atom. The highest BCUT2D eigenvalue weighted by Crippen LogP contribution is 2.20. The van der Waals surface area contributed by atoms with Gasteiger partial charge in [-0.1, -0.05) is 42.5 Å². The van der Waals surface area contributed by atoms with Crippen LogP contribution in [0.4, 0.5) is 5.69 Å². The van der Waals surface area contributed by atoms with Crippen LogP contribution >= 0.6 is 0 Å². The minimum Gasteiger partial charge on any atom is -0.398 e. The summed E-state index contributed by atoms with van der Waals surface area (Å²) in [6.07, 6.45) is -0.910. The van der Waals surface area contributed by atoms with Gasteiger partial charge in [-0.3, -0.25) is 24.1 Å². The van der Waals surface area contributed by atoms with E-state index in [9.17, 15) is 18.0 Å². The van der Waals surface area contributed by atoms with Crippen molar-refractivity contribution in [2.75, 3.05) is 32.0 Å². The third-order valence-electron chi connectivity index (χ3n) is 6.28. The molecule has 1 aliphatic heterocycles. The van der Waals surface area contributed by atoms with Crippen molar-refractivity contribution < 1.29 is 36.1 Å². The molecule has 1 fully saturated rings. The number of benzene rings is 3. The molecule has 42 heavy (non-hydrogen) atoms. The first kappa shape index (κ1) is 32.6. The van der Waals surface area contributed by atoms with Crippen LogP contribution in [0.3, 0.4) is 0 Å². The lowest BCUT2D eigenvalue weighted by molar-refractivity contribution is -0.123. The summed E-state index contributed by atoms with van der Waals surface area (Å²) >= 11 is -2.61. The van der Waals surface area contributed by atoms with Crippen LogP contribution in [0.2, 0.25) is 0 Å². The van der Waals surface area contributed by atoms with E-state index in [1.54, 1.807) is 41.3 Å². The Morgan fingerprint density at radius 1 is 1.10 bits per heavy atom. The molecule has 0 spiro atoms. The molecule has 3 aromatic carbocycles. The highest BCUT2D eigenvalue weighted by molar-refractivity contribution is 7.89. The number of nitrogens with two attached hydrogens (primary N) is 2. The number of morpholine rings is 1. The van der Waals surface area contributed by atoms with Gasteiger partial charge in [-0.25, -0.2) is 8.42 Å². The normalized spacial score (nSPS) is 15.9. The summed E-state index contributed by atoms with van der Waals surface area (Å²) in [6, 6.07) is 16.9. The molecule has 0 radical (unpaired) electrons.